The number of aliphatic hydroxyl groups is 1. The number of amides is 1. The average molecular weight is 289 g/mol. The van der Waals surface area contributed by atoms with E-state index in [0.717, 1.165) is 11.0 Å². The standard InChI is InChI=1S/C15H20BNO4/c1-14(2,3)20-13(19)17-9-8-15(12(17)18)10-6-4-5-7-11(10)16-21-15/h4-7,12,16,18H,8-9H2,1-3H3. The summed E-state index contributed by atoms with van der Waals surface area (Å²) >= 11 is 0. The molecule has 1 aromatic carbocycles. The van der Waals surface area contributed by atoms with Gasteiger partial charge >= 0.3 is 13.6 Å². The highest BCUT2D eigenvalue weighted by Crippen LogP contribution is 2.42. The van der Waals surface area contributed by atoms with Gasteiger partial charge in [-0.15, -0.1) is 0 Å². The second kappa shape index (κ2) is 4.75. The van der Waals surface area contributed by atoms with E-state index in [1.54, 1.807) is 0 Å². The Hall–Kier alpha value is -1.53. The Labute approximate surface area is 125 Å². The van der Waals surface area contributed by atoms with Gasteiger partial charge in [0.25, 0.3) is 0 Å². The van der Waals surface area contributed by atoms with Gasteiger partial charge in [-0.1, -0.05) is 24.3 Å². The highest BCUT2D eigenvalue weighted by molar-refractivity contribution is 6.49. The van der Waals surface area contributed by atoms with Gasteiger partial charge in [-0.2, -0.15) is 0 Å². The number of hydrogen-bond acceptors (Lipinski definition) is 4. The predicted octanol–water partition coefficient (Wildman–Crippen LogP) is 0.848. The Balaban J connectivity index is 1.85. The van der Waals surface area contributed by atoms with E-state index in [9.17, 15) is 9.90 Å². The molecule has 0 saturated carbocycles. The molecule has 112 valence electrons. The first kappa shape index (κ1) is 14.4. The Morgan fingerprint density at radius 1 is 1.48 bits per heavy atom. The van der Waals surface area contributed by atoms with Crippen LogP contribution >= 0.6 is 0 Å². The summed E-state index contributed by atoms with van der Waals surface area (Å²) in [6.45, 7) is 5.85. The van der Waals surface area contributed by atoms with Gasteiger partial charge in [0.1, 0.15) is 11.2 Å². The van der Waals surface area contributed by atoms with Gasteiger partial charge in [0.2, 0.25) is 0 Å². The van der Waals surface area contributed by atoms with Gasteiger partial charge in [0.15, 0.2) is 6.23 Å². The molecule has 1 aromatic rings. The lowest BCUT2D eigenvalue weighted by molar-refractivity contribution is -0.0890. The van der Waals surface area contributed by atoms with Crippen molar-refractivity contribution in [2.45, 2.75) is 44.6 Å². The maximum atomic E-state index is 12.2. The Morgan fingerprint density at radius 2 is 2.19 bits per heavy atom. The van der Waals surface area contributed by atoms with E-state index in [2.05, 4.69) is 0 Å². The van der Waals surface area contributed by atoms with E-state index in [4.69, 9.17) is 9.39 Å². The fourth-order valence-electron chi connectivity index (χ4n) is 3.07. The van der Waals surface area contributed by atoms with Crippen LogP contribution in [0.5, 0.6) is 0 Å². The van der Waals surface area contributed by atoms with E-state index in [-0.39, 0.29) is 0 Å². The fraction of sp³-hybridized carbons (Fsp3) is 0.533. The molecule has 2 unspecified atom stereocenters. The highest BCUT2D eigenvalue weighted by Gasteiger charge is 2.54. The van der Waals surface area contributed by atoms with Crippen LogP contribution in [0.2, 0.25) is 0 Å². The first-order valence-corrected chi connectivity index (χ1v) is 7.23. The molecular weight excluding hydrogens is 269 g/mol. The molecule has 2 aliphatic heterocycles. The quantitative estimate of drug-likeness (QED) is 0.719. The first-order chi connectivity index (χ1) is 9.83. The predicted molar refractivity (Wildman–Crippen MR) is 79.6 cm³/mol. The first-order valence-electron chi connectivity index (χ1n) is 7.23. The molecule has 0 radical (unpaired) electrons. The lowest BCUT2D eigenvalue weighted by atomic mass is 9.83. The minimum atomic E-state index is -1.02. The molecule has 1 N–H and O–H groups in total. The van der Waals surface area contributed by atoms with E-state index in [1.165, 1.54) is 4.90 Å². The number of aliphatic hydroxyl groups excluding tert-OH is 1. The topological polar surface area (TPSA) is 59.0 Å². The van der Waals surface area contributed by atoms with Crippen molar-refractivity contribution in [3.8, 4) is 0 Å². The molecule has 3 rings (SSSR count). The van der Waals surface area contributed by atoms with Crippen molar-refractivity contribution in [3.63, 3.8) is 0 Å². The smallest absolute Gasteiger partial charge is 0.412 e. The van der Waals surface area contributed by atoms with E-state index in [0.29, 0.717) is 20.4 Å². The molecule has 0 bridgehead atoms. The third-order valence-corrected chi connectivity index (χ3v) is 4.02. The molecule has 0 aliphatic carbocycles. The average Bonchev–Trinajstić information content (AvgIpc) is 2.93. The van der Waals surface area contributed by atoms with Gasteiger partial charge in [-0.3, -0.25) is 4.90 Å². The monoisotopic (exact) mass is 289 g/mol. The van der Waals surface area contributed by atoms with Gasteiger partial charge in [-0.05, 0) is 31.8 Å². The van der Waals surface area contributed by atoms with Crippen molar-refractivity contribution in [1.82, 2.24) is 4.90 Å². The summed E-state index contributed by atoms with van der Waals surface area (Å²) in [5, 5.41) is 10.7. The van der Waals surface area contributed by atoms with E-state index >= 15 is 0 Å². The van der Waals surface area contributed by atoms with E-state index in [1.807, 2.05) is 45.0 Å². The minimum Gasteiger partial charge on any atom is -0.444 e. The molecule has 1 amide bonds. The summed E-state index contributed by atoms with van der Waals surface area (Å²) in [6, 6.07) is 7.84. The summed E-state index contributed by atoms with van der Waals surface area (Å²) in [5.74, 6) is 0. The molecule has 1 fully saturated rings. The molecule has 5 nitrogen and oxygen atoms in total. The Bertz CT molecular complexity index is 571. The summed E-state index contributed by atoms with van der Waals surface area (Å²) in [7, 11) is 0.468. The highest BCUT2D eigenvalue weighted by atomic mass is 16.6. The summed E-state index contributed by atoms with van der Waals surface area (Å²) in [6.07, 6.45) is -0.944. The zero-order chi connectivity index (χ0) is 15.3. The number of rotatable bonds is 0. The third-order valence-electron chi connectivity index (χ3n) is 4.02. The molecule has 2 aliphatic rings. The number of fused-ring (bicyclic) bond motifs is 2. The zero-order valence-corrected chi connectivity index (χ0v) is 12.6. The normalized spacial score (nSPS) is 27.6. The van der Waals surface area contributed by atoms with Crippen LogP contribution in [0.1, 0.15) is 32.8 Å². The van der Waals surface area contributed by atoms with Gasteiger partial charge in [0.05, 0.1) is 0 Å². The van der Waals surface area contributed by atoms with Crippen LogP contribution in [0.4, 0.5) is 4.79 Å². The fourth-order valence-corrected chi connectivity index (χ4v) is 3.07. The second-order valence-corrected chi connectivity index (χ2v) is 6.63. The molecule has 0 aromatic heterocycles. The molecular formula is C15H20BNO4. The largest absolute Gasteiger partial charge is 0.444 e. The molecule has 2 atom stereocenters. The van der Waals surface area contributed by atoms with Crippen molar-refractivity contribution >= 4 is 19.0 Å². The van der Waals surface area contributed by atoms with Crippen LogP contribution in [0.15, 0.2) is 24.3 Å². The summed E-state index contributed by atoms with van der Waals surface area (Å²) < 4.78 is 11.2. The lowest BCUT2D eigenvalue weighted by Gasteiger charge is -2.32. The lowest BCUT2D eigenvalue weighted by Crippen LogP contribution is -2.46. The SMILES string of the molecule is CC(C)(C)OC(=O)N1CCC2(OBc3ccccc32)C1O. The van der Waals surface area contributed by atoms with Crippen LogP contribution in [0, 0.1) is 0 Å². The van der Waals surface area contributed by atoms with Crippen molar-refractivity contribution in [2.24, 2.45) is 0 Å². The molecule has 6 heteroatoms. The van der Waals surface area contributed by atoms with Crippen LogP contribution < -0.4 is 5.46 Å². The Kier molecular flexibility index (Phi) is 3.26. The number of nitrogens with zero attached hydrogens (tertiary/aromatic N) is 1. The Morgan fingerprint density at radius 3 is 2.90 bits per heavy atom. The van der Waals surface area contributed by atoms with E-state index < -0.39 is 23.5 Å². The zero-order valence-electron chi connectivity index (χ0n) is 12.6. The number of carbonyl (C=O) groups excluding carboxylic acids is 1. The van der Waals surface area contributed by atoms with Crippen molar-refractivity contribution in [3.05, 3.63) is 29.8 Å². The van der Waals surface area contributed by atoms with Gasteiger partial charge < -0.3 is 14.5 Å². The van der Waals surface area contributed by atoms with Crippen molar-refractivity contribution in [1.29, 1.82) is 0 Å². The number of carbonyl (C=O) groups is 1. The number of hydrogen-bond donors (Lipinski definition) is 1. The number of likely N-dealkylation sites (tertiary alicyclic amines) is 1. The number of ether oxygens (including phenoxy) is 1. The van der Waals surface area contributed by atoms with Crippen LogP contribution in [0.25, 0.3) is 0 Å². The van der Waals surface area contributed by atoms with Gasteiger partial charge in [-0.25, -0.2) is 4.79 Å². The van der Waals surface area contributed by atoms with Crippen LogP contribution in [-0.2, 0) is 15.0 Å². The number of benzene rings is 1. The molecule has 21 heavy (non-hydrogen) atoms. The summed E-state index contributed by atoms with van der Waals surface area (Å²) in [4.78, 5) is 13.6. The maximum Gasteiger partial charge on any atom is 0.412 e. The van der Waals surface area contributed by atoms with Crippen LogP contribution in [0.3, 0.4) is 0 Å². The molecule has 1 spiro atoms. The third kappa shape index (κ3) is 2.32. The summed E-state index contributed by atoms with van der Waals surface area (Å²) in [5.41, 5.74) is 0.653. The van der Waals surface area contributed by atoms with Crippen LogP contribution in [-0.4, -0.2) is 42.0 Å². The molecule has 2 heterocycles. The van der Waals surface area contributed by atoms with Crippen molar-refractivity contribution in [2.75, 3.05) is 6.54 Å². The van der Waals surface area contributed by atoms with Crippen molar-refractivity contribution < 1.29 is 19.3 Å². The van der Waals surface area contributed by atoms with Gasteiger partial charge in [0, 0.05) is 13.0 Å². The maximum absolute atomic E-state index is 12.2. The molecule has 1 saturated heterocycles. The second-order valence-electron chi connectivity index (χ2n) is 6.63. The minimum absolute atomic E-state index is 0.421.